The summed E-state index contributed by atoms with van der Waals surface area (Å²) in [5, 5.41) is 4.39. The van der Waals surface area contributed by atoms with Gasteiger partial charge < -0.3 is 16.0 Å². The number of nitrogens with two attached hydrogens (primary N) is 1. The maximum Gasteiger partial charge on any atom is 0.267 e. The van der Waals surface area contributed by atoms with Crippen LogP contribution in [0.4, 0.5) is 0 Å². The van der Waals surface area contributed by atoms with Gasteiger partial charge in [0.05, 0.1) is 0 Å². The highest BCUT2D eigenvalue weighted by atomic mass is 35.5. The SMILES string of the molecule is CC(CN)NC(=O)c1cc2ccc(Cl)cc2[nH]1. The number of fused-ring (bicyclic) bond motifs is 1. The summed E-state index contributed by atoms with van der Waals surface area (Å²) in [4.78, 5) is 14.9. The Morgan fingerprint density at radius 3 is 3.00 bits per heavy atom. The first kappa shape index (κ1) is 12.0. The van der Waals surface area contributed by atoms with E-state index in [1.165, 1.54) is 0 Å². The van der Waals surface area contributed by atoms with E-state index >= 15 is 0 Å². The lowest BCUT2D eigenvalue weighted by Crippen LogP contribution is -2.37. The fraction of sp³-hybridized carbons (Fsp3) is 0.250. The van der Waals surface area contributed by atoms with E-state index in [0.717, 1.165) is 10.9 Å². The van der Waals surface area contributed by atoms with E-state index in [4.69, 9.17) is 17.3 Å². The van der Waals surface area contributed by atoms with Crippen LogP contribution in [0.5, 0.6) is 0 Å². The number of carbonyl (C=O) groups excluding carboxylic acids is 1. The van der Waals surface area contributed by atoms with Crippen LogP contribution < -0.4 is 11.1 Å². The molecule has 4 N–H and O–H groups in total. The molecule has 0 spiro atoms. The van der Waals surface area contributed by atoms with Gasteiger partial charge in [0.15, 0.2) is 0 Å². The molecule has 1 aromatic heterocycles. The molecule has 4 nitrogen and oxygen atoms in total. The van der Waals surface area contributed by atoms with Crippen molar-refractivity contribution in [2.24, 2.45) is 5.73 Å². The summed E-state index contributed by atoms with van der Waals surface area (Å²) >= 11 is 5.88. The summed E-state index contributed by atoms with van der Waals surface area (Å²) in [5.41, 5.74) is 6.82. The maximum atomic E-state index is 11.8. The Morgan fingerprint density at radius 1 is 1.53 bits per heavy atom. The van der Waals surface area contributed by atoms with Crippen molar-refractivity contribution in [2.75, 3.05) is 6.54 Å². The van der Waals surface area contributed by atoms with E-state index in [2.05, 4.69) is 10.3 Å². The molecule has 17 heavy (non-hydrogen) atoms. The number of hydrogen-bond donors (Lipinski definition) is 3. The van der Waals surface area contributed by atoms with Crippen molar-refractivity contribution >= 4 is 28.4 Å². The monoisotopic (exact) mass is 251 g/mol. The van der Waals surface area contributed by atoms with Crippen LogP contribution in [0.2, 0.25) is 5.02 Å². The van der Waals surface area contributed by atoms with Gasteiger partial charge in [-0.25, -0.2) is 0 Å². The Morgan fingerprint density at radius 2 is 2.29 bits per heavy atom. The van der Waals surface area contributed by atoms with Gasteiger partial charge in [0.2, 0.25) is 0 Å². The first-order valence-electron chi connectivity index (χ1n) is 5.39. The van der Waals surface area contributed by atoms with Crippen molar-refractivity contribution in [1.82, 2.24) is 10.3 Å². The van der Waals surface area contributed by atoms with Crippen molar-refractivity contribution in [2.45, 2.75) is 13.0 Å². The molecular weight excluding hydrogens is 238 g/mol. The Labute approximate surface area is 104 Å². The molecule has 0 radical (unpaired) electrons. The first-order chi connectivity index (χ1) is 8.10. The van der Waals surface area contributed by atoms with Crippen molar-refractivity contribution in [3.05, 3.63) is 35.0 Å². The minimum Gasteiger partial charge on any atom is -0.350 e. The predicted octanol–water partition coefficient (Wildman–Crippen LogP) is 1.90. The summed E-state index contributed by atoms with van der Waals surface area (Å²) in [6.07, 6.45) is 0. The van der Waals surface area contributed by atoms with Gasteiger partial charge in [0.25, 0.3) is 5.91 Å². The molecule has 0 aliphatic heterocycles. The number of amides is 1. The molecular formula is C12H14ClN3O. The van der Waals surface area contributed by atoms with Gasteiger partial charge >= 0.3 is 0 Å². The number of H-pyrrole nitrogens is 1. The van der Waals surface area contributed by atoms with Crippen molar-refractivity contribution in [1.29, 1.82) is 0 Å². The van der Waals surface area contributed by atoms with Crippen LogP contribution in [-0.4, -0.2) is 23.5 Å². The summed E-state index contributed by atoms with van der Waals surface area (Å²) in [6.45, 7) is 2.27. The third kappa shape index (κ3) is 2.60. The van der Waals surface area contributed by atoms with E-state index < -0.39 is 0 Å². The van der Waals surface area contributed by atoms with Crippen LogP contribution in [0.3, 0.4) is 0 Å². The molecule has 0 aliphatic rings. The number of hydrogen-bond acceptors (Lipinski definition) is 2. The number of nitrogens with one attached hydrogen (secondary N) is 2. The lowest BCUT2D eigenvalue weighted by molar-refractivity contribution is 0.0937. The molecule has 0 fully saturated rings. The summed E-state index contributed by atoms with van der Waals surface area (Å²) < 4.78 is 0. The Hall–Kier alpha value is -1.52. The van der Waals surface area contributed by atoms with Gasteiger partial charge in [0.1, 0.15) is 5.69 Å². The standard InChI is InChI=1S/C12H14ClN3O/c1-7(6-14)15-12(17)11-4-8-2-3-9(13)5-10(8)16-11/h2-5,7,16H,6,14H2,1H3,(H,15,17). The minimum absolute atomic E-state index is 0.0440. The highest BCUT2D eigenvalue weighted by Crippen LogP contribution is 2.19. The molecule has 1 aromatic carbocycles. The molecule has 1 atom stereocenters. The highest BCUT2D eigenvalue weighted by Gasteiger charge is 2.11. The smallest absolute Gasteiger partial charge is 0.267 e. The molecule has 2 aromatic rings. The second kappa shape index (κ2) is 4.77. The molecule has 90 valence electrons. The lowest BCUT2D eigenvalue weighted by atomic mass is 10.2. The van der Waals surface area contributed by atoms with E-state index in [9.17, 15) is 4.79 Å². The Balaban J connectivity index is 2.27. The molecule has 0 aliphatic carbocycles. The number of benzene rings is 1. The Bertz CT molecular complexity index is 550. The van der Waals surface area contributed by atoms with Crippen LogP contribution in [0.1, 0.15) is 17.4 Å². The van der Waals surface area contributed by atoms with Gasteiger partial charge in [-0.2, -0.15) is 0 Å². The first-order valence-corrected chi connectivity index (χ1v) is 5.77. The molecule has 0 saturated heterocycles. The average Bonchev–Trinajstić information content (AvgIpc) is 2.71. The average molecular weight is 252 g/mol. The number of halogens is 1. The molecule has 5 heteroatoms. The van der Waals surface area contributed by atoms with Gasteiger partial charge in [-0.05, 0) is 25.1 Å². The Kier molecular flexibility index (Phi) is 3.36. The van der Waals surface area contributed by atoms with E-state index in [0.29, 0.717) is 17.3 Å². The van der Waals surface area contributed by atoms with Gasteiger partial charge in [0, 0.05) is 28.5 Å². The van der Waals surface area contributed by atoms with Crippen LogP contribution >= 0.6 is 11.6 Å². The van der Waals surface area contributed by atoms with Gasteiger partial charge in [-0.3, -0.25) is 4.79 Å². The fourth-order valence-electron chi connectivity index (χ4n) is 1.58. The normalized spacial score (nSPS) is 12.6. The molecule has 1 unspecified atom stereocenters. The van der Waals surface area contributed by atoms with Crippen LogP contribution in [0.25, 0.3) is 10.9 Å². The summed E-state index contributed by atoms with van der Waals surface area (Å²) in [5.74, 6) is -0.157. The van der Waals surface area contributed by atoms with Crippen LogP contribution in [0, 0.1) is 0 Å². The summed E-state index contributed by atoms with van der Waals surface area (Å²) in [6, 6.07) is 7.21. The zero-order valence-corrected chi connectivity index (χ0v) is 10.2. The molecule has 1 heterocycles. The van der Waals surface area contributed by atoms with Gasteiger partial charge in [-0.15, -0.1) is 0 Å². The minimum atomic E-state index is -0.157. The topological polar surface area (TPSA) is 70.9 Å². The number of rotatable bonds is 3. The molecule has 1 amide bonds. The zero-order valence-electron chi connectivity index (χ0n) is 9.46. The van der Waals surface area contributed by atoms with E-state index in [-0.39, 0.29) is 11.9 Å². The number of aromatic nitrogens is 1. The van der Waals surface area contributed by atoms with E-state index in [1.54, 1.807) is 18.2 Å². The molecule has 0 bridgehead atoms. The third-order valence-corrected chi connectivity index (χ3v) is 2.80. The van der Waals surface area contributed by atoms with Crippen LogP contribution in [-0.2, 0) is 0 Å². The van der Waals surface area contributed by atoms with E-state index in [1.807, 2.05) is 13.0 Å². The molecule has 0 saturated carbocycles. The largest absolute Gasteiger partial charge is 0.350 e. The van der Waals surface area contributed by atoms with Crippen LogP contribution in [0.15, 0.2) is 24.3 Å². The maximum absolute atomic E-state index is 11.8. The number of carbonyl (C=O) groups is 1. The number of aromatic amines is 1. The third-order valence-electron chi connectivity index (χ3n) is 2.56. The fourth-order valence-corrected chi connectivity index (χ4v) is 1.75. The quantitative estimate of drug-likeness (QED) is 0.780. The lowest BCUT2D eigenvalue weighted by Gasteiger charge is -2.09. The zero-order chi connectivity index (χ0) is 12.4. The second-order valence-corrected chi connectivity index (χ2v) is 4.46. The second-order valence-electron chi connectivity index (χ2n) is 4.02. The molecule has 2 rings (SSSR count). The van der Waals surface area contributed by atoms with Crippen molar-refractivity contribution in [3.63, 3.8) is 0 Å². The summed E-state index contributed by atoms with van der Waals surface area (Å²) in [7, 11) is 0. The van der Waals surface area contributed by atoms with Crippen molar-refractivity contribution in [3.8, 4) is 0 Å². The van der Waals surface area contributed by atoms with Crippen molar-refractivity contribution < 1.29 is 4.79 Å². The van der Waals surface area contributed by atoms with Gasteiger partial charge in [-0.1, -0.05) is 17.7 Å². The predicted molar refractivity (Wildman–Crippen MR) is 69.3 cm³/mol. The highest BCUT2D eigenvalue weighted by molar-refractivity contribution is 6.31.